The molecular weight excluding hydrogens is 218 g/mol. The second-order valence-electron chi connectivity index (χ2n) is 3.53. The molecular formula is C12H17N3O2. The molecule has 0 saturated heterocycles. The molecule has 0 fully saturated rings. The van der Waals surface area contributed by atoms with Gasteiger partial charge in [-0.15, -0.1) is 0 Å². The number of nitrogens with one attached hydrogen (secondary N) is 3. The zero-order valence-electron chi connectivity index (χ0n) is 10.0. The Morgan fingerprint density at radius 3 is 2.71 bits per heavy atom. The summed E-state index contributed by atoms with van der Waals surface area (Å²) < 4.78 is 0. The summed E-state index contributed by atoms with van der Waals surface area (Å²) in [6, 6.07) is 7.20. The number of rotatable bonds is 4. The first-order valence-corrected chi connectivity index (χ1v) is 5.50. The van der Waals surface area contributed by atoms with E-state index in [0.29, 0.717) is 0 Å². The topological polar surface area (TPSA) is 70.2 Å². The summed E-state index contributed by atoms with van der Waals surface area (Å²) in [5, 5.41) is 7.54. The lowest BCUT2D eigenvalue weighted by molar-refractivity contribution is -0.119. The number of carbonyl (C=O) groups excluding carboxylic acids is 2. The molecule has 0 saturated carbocycles. The number of hydrogen-bond donors (Lipinski definition) is 3. The standard InChI is InChI=1S/C12H17N3O2/c1-3-9-5-4-6-10(7-9)15-12(17)14-8-11(16)13-2/h4-7H,3,8H2,1-2H3,(H,13,16)(H2,14,15,17). The van der Waals surface area contributed by atoms with Crippen molar-refractivity contribution in [2.24, 2.45) is 0 Å². The lowest BCUT2D eigenvalue weighted by atomic mass is 10.1. The van der Waals surface area contributed by atoms with E-state index in [4.69, 9.17) is 0 Å². The van der Waals surface area contributed by atoms with Crippen LogP contribution in [0.1, 0.15) is 12.5 Å². The molecule has 0 spiro atoms. The Morgan fingerprint density at radius 1 is 1.29 bits per heavy atom. The highest BCUT2D eigenvalue weighted by Gasteiger charge is 2.03. The quantitative estimate of drug-likeness (QED) is 0.731. The van der Waals surface area contributed by atoms with Crippen molar-refractivity contribution in [1.82, 2.24) is 10.6 Å². The predicted molar refractivity (Wildman–Crippen MR) is 66.9 cm³/mol. The first kappa shape index (κ1) is 13.0. The number of carbonyl (C=O) groups is 2. The number of benzene rings is 1. The van der Waals surface area contributed by atoms with Gasteiger partial charge in [-0.3, -0.25) is 4.79 Å². The van der Waals surface area contributed by atoms with Crippen LogP contribution in [0.15, 0.2) is 24.3 Å². The molecule has 0 aliphatic heterocycles. The van der Waals surface area contributed by atoms with Gasteiger partial charge in [0, 0.05) is 12.7 Å². The molecule has 5 heteroatoms. The molecule has 0 atom stereocenters. The number of hydrogen-bond acceptors (Lipinski definition) is 2. The summed E-state index contributed by atoms with van der Waals surface area (Å²) in [6.07, 6.45) is 0.912. The van der Waals surface area contributed by atoms with Crippen molar-refractivity contribution >= 4 is 17.6 Å². The predicted octanol–water partition coefficient (Wildman–Crippen LogP) is 1.12. The van der Waals surface area contributed by atoms with E-state index in [1.54, 1.807) is 6.07 Å². The molecule has 3 N–H and O–H groups in total. The van der Waals surface area contributed by atoms with Gasteiger partial charge in [-0.05, 0) is 24.1 Å². The number of likely N-dealkylation sites (N-methyl/N-ethyl adjacent to an activating group) is 1. The summed E-state index contributed by atoms with van der Waals surface area (Å²) in [4.78, 5) is 22.3. The number of urea groups is 1. The summed E-state index contributed by atoms with van der Waals surface area (Å²) in [5.74, 6) is -0.234. The van der Waals surface area contributed by atoms with E-state index in [0.717, 1.165) is 17.7 Å². The molecule has 92 valence electrons. The maximum absolute atomic E-state index is 11.4. The summed E-state index contributed by atoms with van der Waals surface area (Å²) >= 11 is 0. The van der Waals surface area contributed by atoms with Crippen LogP contribution < -0.4 is 16.0 Å². The SMILES string of the molecule is CCc1cccc(NC(=O)NCC(=O)NC)c1. The van der Waals surface area contributed by atoms with E-state index in [9.17, 15) is 9.59 Å². The lowest BCUT2D eigenvalue weighted by Crippen LogP contribution is -2.37. The minimum absolute atomic E-state index is 0.0319. The molecule has 1 aromatic rings. The second kappa shape index (κ2) is 6.52. The van der Waals surface area contributed by atoms with Crippen LogP contribution in [0.3, 0.4) is 0 Å². The average molecular weight is 235 g/mol. The third kappa shape index (κ3) is 4.55. The maximum atomic E-state index is 11.4. The van der Waals surface area contributed by atoms with Gasteiger partial charge in [-0.1, -0.05) is 19.1 Å². The van der Waals surface area contributed by atoms with Gasteiger partial charge in [0.1, 0.15) is 0 Å². The molecule has 5 nitrogen and oxygen atoms in total. The fourth-order valence-electron chi connectivity index (χ4n) is 1.29. The van der Waals surface area contributed by atoms with E-state index in [-0.39, 0.29) is 18.5 Å². The van der Waals surface area contributed by atoms with E-state index in [1.807, 2.05) is 25.1 Å². The van der Waals surface area contributed by atoms with Gasteiger partial charge in [0.2, 0.25) is 5.91 Å². The van der Waals surface area contributed by atoms with Crippen molar-refractivity contribution < 1.29 is 9.59 Å². The minimum atomic E-state index is -0.387. The van der Waals surface area contributed by atoms with Gasteiger partial charge in [0.25, 0.3) is 0 Å². The molecule has 17 heavy (non-hydrogen) atoms. The Kier molecular flexibility index (Phi) is 5.00. The summed E-state index contributed by atoms with van der Waals surface area (Å²) in [5.41, 5.74) is 1.87. The Hall–Kier alpha value is -2.04. The van der Waals surface area contributed by atoms with Crippen LogP contribution in [0.2, 0.25) is 0 Å². The smallest absolute Gasteiger partial charge is 0.319 e. The van der Waals surface area contributed by atoms with Crippen molar-refractivity contribution in [1.29, 1.82) is 0 Å². The van der Waals surface area contributed by atoms with Crippen LogP contribution in [0, 0.1) is 0 Å². The van der Waals surface area contributed by atoms with Crippen molar-refractivity contribution in [2.75, 3.05) is 18.9 Å². The lowest BCUT2D eigenvalue weighted by Gasteiger charge is -2.07. The van der Waals surface area contributed by atoms with Crippen LogP contribution >= 0.6 is 0 Å². The summed E-state index contributed by atoms with van der Waals surface area (Å²) in [7, 11) is 1.52. The van der Waals surface area contributed by atoms with Gasteiger partial charge in [-0.25, -0.2) is 4.79 Å². The number of aryl methyl sites for hydroxylation is 1. The molecule has 0 unspecified atom stereocenters. The molecule has 0 aliphatic carbocycles. The summed E-state index contributed by atoms with van der Waals surface area (Å²) in [6.45, 7) is 2.01. The highest BCUT2D eigenvalue weighted by molar-refractivity contribution is 5.92. The molecule has 0 aliphatic rings. The highest BCUT2D eigenvalue weighted by atomic mass is 16.2. The van der Waals surface area contributed by atoms with Gasteiger partial charge in [-0.2, -0.15) is 0 Å². The molecule has 0 bridgehead atoms. The first-order chi connectivity index (χ1) is 8.15. The Bertz CT molecular complexity index is 404. The van der Waals surface area contributed by atoms with E-state index in [1.165, 1.54) is 7.05 Å². The zero-order chi connectivity index (χ0) is 12.7. The highest BCUT2D eigenvalue weighted by Crippen LogP contribution is 2.10. The van der Waals surface area contributed by atoms with Crippen LogP contribution in [-0.2, 0) is 11.2 Å². The molecule has 1 aromatic carbocycles. The van der Waals surface area contributed by atoms with Crippen LogP contribution in [-0.4, -0.2) is 25.5 Å². The van der Waals surface area contributed by atoms with Crippen molar-refractivity contribution in [3.63, 3.8) is 0 Å². The average Bonchev–Trinajstić information content (AvgIpc) is 2.36. The van der Waals surface area contributed by atoms with E-state index in [2.05, 4.69) is 16.0 Å². The fourth-order valence-corrected chi connectivity index (χ4v) is 1.29. The molecule has 1 rings (SSSR count). The molecule has 0 radical (unpaired) electrons. The minimum Gasteiger partial charge on any atom is -0.358 e. The normalized spacial score (nSPS) is 9.53. The Balaban J connectivity index is 2.47. The van der Waals surface area contributed by atoms with E-state index < -0.39 is 0 Å². The first-order valence-electron chi connectivity index (χ1n) is 5.50. The van der Waals surface area contributed by atoms with Gasteiger partial charge in [0.15, 0.2) is 0 Å². The second-order valence-corrected chi connectivity index (χ2v) is 3.53. The van der Waals surface area contributed by atoms with Crippen molar-refractivity contribution in [3.8, 4) is 0 Å². The largest absolute Gasteiger partial charge is 0.358 e. The fraction of sp³-hybridized carbons (Fsp3) is 0.333. The number of amides is 3. The monoisotopic (exact) mass is 235 g/mol. The molecule has 0 aromatic heterocycles. The Labute approximate surface area is 101 Å². The van der Waals surface area contributed by atoms with Crippen molar-refractivity contribution in [2.45, 2.75) is 13.3 Å². The van der Waals surface area contributed by atoms with Crippen LogP contribution in [0.4, 0.5) is 10.5 Å². The van der Waals surface area contributed by atoms with Crippen LogP contribution in [0.25, 0.3) is 0 Å². The molecule has 0 heterocycles. The van der Waals surface area contributed by atoms with Crippen molar-refractivity contribution in [3.05, 3.63) is 29.8 Å². The third-order valence-electron chi connectivity index (χ3n) is 2.28. The van der Waals surface area contributed by atoms with Gasteiger partial charge >= 0.3 is 6.03 Å². The molecule has 3 amide bonds. The number of anilines is 1. The van der Waals surface area contributed by atoms with Gasteiger partial charge in [0.05, 0.1) is 6.54 Å². The zero-order valence-corrected chi connectivity index (χ0v) is 10.0. The maximum Gasteiger partial charge on any atom is 0.319 e. The van der Waals surface area contributed by atoms with E-state index >= 15 is 0 Å². The Morgan fingerprint density at radius 2 is 2.06 bits per heavy atom. The third-order valence-corrected chi connectivity index (χ3v) is 2.28. The van der Waals surface area contributed by atoms with Gasteiger partial charge < -0.3 is 16.0 Å². The van der Waals surface area contributed by atoms with Crippen LogP contribution in [0.5, 0.6) is 0 Å².